The Balaban J connectivity index is 2.28. The number of carboxylic acids is 1. The molecule has 0 saturated carbocycles. The third kappa shape index (κ3) is 2.72. The predicted molar refractivity (Wildman–Crippen MR) is 67.2 cm³/mol. The van der Waals surface area contributed by atoms with Crippen LogP contribution in [0.3, 0.4) is 0 Å². The number of hydrogen-bond donors (Lipinski definition) is 1. The van der Waals surface area contributed by atoms with Crippen LogP contribution < -0.4 is 4.74 Å². The molecule has 0 aliphatic carbocycles. The van der Waals surface area contributed by atoms with Crippen LogP contribution in [0.15, 0.2) is 28.7 Å². The summed E-state index contributed by atoms with van der Waals surface area (Å²) >= 11 is 17.5. The second-order valence-electron chi connectivity index (χ2n) is 3.22. The Labute approximate surface area is 117 Å². The molecule has 0 bridgehead atoms. The summed E-state index contributed by atoms with van der Waals surface area (Å²) in [5.74, 6) is -1.21. The first kappa shape index (κ1) is 13.1. The van der Waals surface area contributed by atoms with E-state index in [9.17, 15) is 4.79 Å². The quantitative estimate of drug-likeness (QED) is 0.833. The van der Waals surface area contributed by atoms with Crippen molar-refractivity contribution in [2.75, 3.05) is 0 Å². The number of carboxylic acid groups (broad SMARTS) is 1. The van der Waals surface area contributed by atoms with Crippen molar-refractivity contribution in [1.29, 1.82) is 0 Å². The zero-order valence-electron chi connectivity index (χ0n) is 8.62. The molecular formula is C11H5Cl3O4. The highest BCUT2D eigenvalue weighted by molar-refractivity contribution is 6.43. The summed E-state index contributed by atoms with van der Waals surface area (Å²) in [6, 6.07) is 5.46. The molecule has 1 heterocycles. The van der Waals surface area contributed by atoms with Crippen LogP contribution in [0, 0.1) is 0 Å². The first-order chi connectivity index (χ1) is 8.47. The van der Waals surface area contributed by atoms with E-state index in [4.69, 9.17) is 49.1 Å². The minimum Gasteiger partial charge on any atom is -0.475 e. The van der Waals surface area contributed by atoms with Gasteiger partial charge in [-0.25, -0.2) is 4.79 Å². The Morgan fingerprint density at radius 1 is 1.11 bits per heavy atom. The first-order valence-electron chi connectivity index (χ1n) is 4.63. The molecule has 18 heavy (non-hydrogen) atoms. The second-order valence-corrected chi connectivity index (χ2v) is 4.44. The van der Waals surface area contributed by atoms with Crippen LogP contribution in [0.4, 0.5) is 0 Å². The van der Waals surface area contributed by atoms with Crippen LogP contribution in [-0.2, 0) is 0 Å². The zero-order chi connectivity index (χ0) is 13.3. The topological polar surface area (TPSA) is 59.7 Å². The van der Waals surface area contributed by atoms with Crippen LogP contribution >= 0.6 is 34.8 Å². The average molecular weight is 308 g/mol. The first-order valence-corrected chi connectivity index (χ1v) is 5.76. The Kier molecular flexibility index (Phi) is 3.71. The van der Waals surface area contributed by atoms with E-state index >= 15 is 0 Å². The van der Waals surface area contributed by atoms with Crippen molar-refractivity contribution in [3.05, 3.63) is 45.1 Å². The van der Waals surface area contributed by atoms with Crippen molar-refractivity contribution in [1.82, 2.24) is 0 Å². The lowest BCUT2D eigenvalue weighted by Gasteiger charge is -2.05. The van der Waals surface area contributed by atoms with Gasteiger partial charge in [0.2, 0.25) is 5.76 Å². The standard InChI is InChI=1S/C11H5Cl3O4/c12-5-3-7(14)9(4-6(5)13)18-10-2-1-8(17-10)11(15)16/h1-4H,(H,15,16). The van der Waals surface area contributed by atoms with Crippen LogP contribution in [0.5, 0.6) is 11.7 Å². The molecular weight excluding hydrogens is 302 g/mol. The number of rotatable bonds is 3. The summed E-state index contributed by atoms with van der Waals surface area (Å²) in [5.41, 5.74) is 0. The summed E-state index contributed by atoms with van der Waals surface area (Å²) in [6.07, 6.45) is 0. The summed E-state index contributed by atoms with van der Waals surface area (Å²) in [5, 5.41) is 9.48. The van der Waals surface area contributed by atoms with Crippen molar-refractivity contribution >= 4 is 40.8 Å². The van der Waals surface area contributed by atoms with Gasteiger partial charge in [-0.2, -0.15) is 0 Å². The number of ether oxygens (including phenoxy) is 1. The van der Waals surface area contributed by atoms with Crippen molar-refractivity contribution in [2.45, 2.75) is 0 Å². The fourth-order valence-corrected chi connectivity index (χ4v) is 1.76. The predicted octanol–water partition coefficient (Wildman–Crippen LogP) is 4.73. The highest BCUT2D eigenvalue weighted by Gasteiger charge is 2.13. The minimum absolute atomic E-state index is 0.00677. The molecule has 4 nitrogen and oxygen atoms in total. The van der Waals surface area contributed by atoms with Gasteiger partial charge in [0.15, 0.2) is 5.75 Å². The Morgan fingerprint density at radius 2 is 1.78 bits per heavy atom. The van der Waals surface area contributed by atoms with Gasteiger partial charge in [0.05, 0.1) is 15.1 Å². The molecule has 0 spiro atoms. The molecule has 94 valence electrons. The molecule has 0 amide bonds. The zero-order valence-corrected chi connectivity index (χ0v) is 10.9. The highest BCUT2D eigenvalue weighted by Crippen LogP contribution is 2.36. The summed E-state index contributed by atoms with van der Waals surface area (Å²) in [6.45, 7) is 0. The summed E-state index contributed by atoms with van der Waals surface area (Å²) < 4.78 is 10.2. The highest BCUT2D eigenvalue weighted by atomic mass is 35.5. The minimum atomic E-state index is -1.19. The average Bonchev–Trinajstić information content (AvgIpc) is 2.74. The van der Waals surface area contributed by atoms with Crippen molar-refractivity contribution in [2.24, 2.45) is 0 Å². The summed E-state index contributed by atoms with van der Waals surface area (Å²) in [7, 11) is 0. The van der Waals surface area contributed by atoms with Gasteiger partial charge in [-0.3, -0.25) is 0 Å². The van der Waals surface area contributed by atoms with Gasteiger partial charge in [0.1, 0.15) is 0 Å². The third-order valence-electron chi connectivity index (χ3n) is 1.98. The van der Waals surface area contributed by atoms with E-state index in [0.29, 0.717) is 5.02 Å². The van der Waals surface area contributed by atoms with E-state index in [1.165, 1.54) is 24.3 Å². The normalized spacial score (nSPS) is 10.4. The fraction of sp³-hybridized carbons (Fsp3) is 0. The van der Waals surface area contributed by atoms with E-state index in [2.05, 4.69) is 0 Å². The maximum atomic E-state index is 10.6. The van der Waals surface area contributed by atoms with Crippen LogP contribution in [-0.4, -0.2) is 11.1 Å². The monoisotopic (exact) mass is 306 g/mol. The molecule has 0 aliphatic heterocycles. The fourth-order valence-electron chi connectivity index (χ4n) is 1.18. The molecule has 0 unspecified atom stereocenters. The van der Waals surface area contributed by atoms with Crippen LogP contribution in [0.1, 0.15) is 10.6 Å². The van der Waals surface area contributed by atoms with Gasteiger partial charge >= 0.3 is 5.97 Å². The largest absolute Gasteiger partial charge is 0.475 e. The number of halogens is 3. The molecule has 2 aromatic rings. The van der Waals surface area contributed by atoms with E-state index in [-0.39, 0.29) is 27.5 Å². The van der Waals surface area contributed by atoms with Gasteiger partial charge in [0.25, 0.3) is 5.95 Å². The third-order valence-corrected chi connectivity index (χ3v) is 3.00. The lowest BCUT2D eigenvalue weighted by atomic mass is 10.3. The Bertz CT molecular complexity index is 606. The van der Waals surface area contributed by atoms with Crippen molar-refractivity contribution in [3.8, 4) is 11.7 Å². The molecule has 7 heteroatoms. The van der Waals surface area contributed by atoms with Gasteiger partial charge in [-0.15, -0.1) is 0 Å². The molecule has 1 aromatic carbocycles. The second kappa shape index (κ2) is 5.10. The van der Waals surface area contributed by atoms with Crippen molar-refractivity contribution < 1.29 is 19.1 Å². The van der Waals surface area contributed by atoms with E-state index < -0.39 is 5.97 Å². The van der Waals surface area contributed by atoms with E-state index in [0.717, 1.165) is 0 Å². The lowest BCUT2D eigenvalue weighted by Crippen LogP contribution is -1.91. The molecule has 0 atom stereocenters. The van der Waals surface area contributed by atoms with Gasteiger partial charge in [-0.1, -0.05) is 34.8 Å². The Morgan fingerprint density at radius 3 is 2.39 bits per heavy atom. The molecule has 1 aromatic heterocycles. The summed E-state index contributed by atoms with van der Waals surface area (Å²) in [4.78, 5) is 10.6. The molecule has 1 N–H and O–H groups in total. The van der Waals surface area contributed by atoms with E-state index in [1.54, 1.807) is 0 Å². The number of carbonyl (C=O) groups is 1. The Hall–Kier alpha value is -1.36. The van der Waals surface area contributed by atoms with E-state index in [1.807, 2.05) is 0 Å². The van der Waals surface area contributed by atoms with Crippen LogP contribution in [0.2, 0.25) is 15.1 Å². The van der Waals surface area contributed by atoms with Gasteiger partial charge < -0.3 is 14.3 Å². The maximum absolute atomic E-state index is 10.6. The molecule has 0 fully saturated rings. The molecule has 0 radical (unpaired) electrons. The number of benzene rings is 1. The number of aromatic carboxylic acids is 1. The van der Waals surface area contributed by atoms with Crippen molar-refractivity contribution in [3.63, 3.8) is 0 Å². The SMILES string of the molecule is O=C(O)c1ccc(Oc2cc(Cl)c(Cl)cc2Cl)o1. The molecule has 2 rings (SSSR count). The maximum Gasteiger partial charge on any atom is 0.371 e. The smallest absolute Gasteiger partial charge is 0.371 e. The lowest BCUT2D eigenvalue weighted by molar-refractivity contribution is 0.0657. The van der Waals surface area contributed by atoms with Gasteiger partial charge in [0, 0.05) is 12.1 Å². The van der Waals surface area contributed by atoms with Crippen LogP contribution in [0.25, 0.3) is 0 Å². The number of hydrogen-bond acceptors (Lipinski definition) is 3. The van der Waals surface area contributed by atoms with Gasteiger partial charge in [-0.05, 0) is 12.1 Å². The molecule has 0 saturated heterocycles. The molecule has 0 aliphatic rings. The number of furan rings is 1.